The molecule has 0 aliphatic rings. The van der Waals surface area contributed by atoms with Crippen LogP contribution in [0.5, 0.6) is 0 Å². The van der Waals surface area contributed by atoms with Gasteiger partial charge in [-0.3, -0.25) is 4.79 Å². The Morgan fingerprint density at radius 2 is 1.80 bits per heavy atom. The predicted molar refractivity (Wildman–Crippen MR) is 95.2 cm³/mol. The molecule has 1 amide bonds. The van der Waals surface area contributed by atoms with E-state index in [4.69, 9.17) is 4.42 Å². The second-order valence-electron chi connectivity index (χ2n) is 5.75. The number of rotatable bonds is 5. The van der Waals surface area contributed by atoms with E-state index in [1.807, 2.05) is 42.5 Å². The van der Waals surface area contributed by atoms with E-state index in [2.05, 4.69) is 27.0 Å². The molecule has 0 radical (unpaired) electrons. The summed E-state index contributed by atoms with van der Waals surface area (Å²) >= 11 is 0. The number of hydrogen-bond donors (Lipinski definition) is 1. The highest BCUT2D eigenvalue weighted by Gasteiger charge is 2.13. The van der Waals surface area contributed by atoms with Gasteiger partial charge < -0.3 is 14.3 Å². The van der Waals surface area contributed by atoms with Crippen LogP contribution in [0, 0.1) is 0 Å². The van der Waals surface area contributed by atoms with Crippen LogP contribution in [-0.4, -0.2) is 15.5 Å². The average molecular weight is 331 g/mol. The first-order valence-corrected chi connectivity index (χ1v) is 8.11. The van der Waals surface area contributed by atoms with Gasteiger partial charge in [-0.15, -0.1) is 0 Å². The number of hydrogen-bond acceptors (Lipinski definition) is 3. The topological polar surface area (TPSA) is 60.1 Å². The molecule has 124 valence electrons. The van der Waals surface area contributed by atoms with Gasteiger partial charge in [0.05, 0.1) is 23.8 Å². The zero-order valence-corrected chi connectivity index (χ0v) is 13.6. The van der Waals surface area contributed by atoms with Crippen molar-refractivity contribution in [1.82, 2.24) is 14.9 Å². The van der Waals surface area contributed by atoms with Crippen LogP contribution in [0.1, 0.15) is 21.9 Å². The molecule has 0 unspecified atom stereocenters. The molecule has 0 saturated carbocycles. The van der Waals surface area contributed by atoms with Crippen molar-refractivity contribution < 1.29 is 9.21 Å². The van der Waals surface area contributed by atoms with Gasteiger partial charge in [-0.25, -0.2) is 4.98 Å². The number of fused-ring (bicyclic) bond motifs is 1. The number of aromatic nitrogens is 2. The molecule has 0 aliphatic carbocycles. The highest BCUT2D eigenvalue weighted by Crippen LogP contribution is 2.18. The van der Waals surface area contributed by atoms with Crippen molar-refractivity contribution in [3.8, 4) is 0 Å². The fourth-order valence-corrected chi connectivity index (χ4v) is 2.86. The third-order valence-corrected chi connectivity index (χ3v) is 4.07. The molecule has 0 aliphatic heterocycles. The van der Waals surface area contributed by atoms with Crippen LogP contribution in [0.25, 0.3) is 11.0 Å². The monoisotopic (exact) mass is 331 g/mol. The minimum absolute atomic E-state index is 0.247. The van der Waals surface area contributed by atoms with Crippen LogP contribution < -0.4 is 5.32 Å². The number of furan rings is 1. The summed E-state index contributed by atoms with van der Waals surface area (Å²) in [7, 11) is 0. The second-order valence-corrected chi connectivity index (χ2v) is 5.75. The Kier molecular flexibility index (Phi) is 4.04. The largest absolute Gasteiger partial charge is 0.459 e. The Morgan fingerprint density at radius 1 is 1.00 bits per heavy atom. The fraction of sp³-hybridized carbons (Fsp3) is 0.100. The molecule has 0 spiro atoms. The van der Waals surface area contributed by atoms with Gasteiger partial charge in [0, 0.05) is 6.54 Å². The van der Waals surface area contributed by atoms with Gasteiger partial charge in [0.15, 0.2) is 5.76 Å². The van der Waals surface area contributed by atoms with Crippen molar-refractivity contribution >= 4 is 16.9 Å². The van der Waals surface area contributed by atoms with Gasteiger partial charge >= 0.3 is 0 Å². The van der Waals surface area contributed by atoms with Crippen LogP contribution in [0.3, 0.4) is 0 Å². The zero-order chi connectivity index (χ0) is 17.1. The normalized spacial score (nSPS) is 10.9. The number of nitrogens with one attached hydrogen (secondary N) is 1. The summed E-state index contributed by atoms with van der Waals surface area (Å²) in [6.45, 7) is 1.04. The number of amides is 1. The van der Waals surface area contributed by atoms with E-state index in [1.165, 1.54) is 11.8 Å². The van der Waals surface area contributed by atoms with E-state index in [-0.39, 0.29) is 5.91 Å². The summed E-state index contributed by atoms with van der Waals surface area (Å²) in [5.74, 6) is 0.860. The maximum absolute atomic E-state index is 12.1. The van der Waals surface area contributed by atoms with Crippen molar-refractivity contribution in [2.75, 3.05) is 0 Å². The van der Waals surface area contributed by atoms with Crippen LogP contribution in [0.15, 0.2) is 77.4 Å². The van der Waals surface area contributed by atoms with Crippen LogP contribution in [0.4, 0.5) is 0 Å². The quantitative estimate of drug-likeness (QED) is 0.608. The Hall–Kier alpha value is -3.34. The van der Waals surface area contributed by atoms with E-state index in [0.717, 1.165) is 16.9 Å². The van der Waals surface area contributed by atoms with Crippen LogP contribution >= 0.6 is 0 Å². The summed E-state index contributed by atoms with van der Waals surface area (Å²) in [5, 5.41) is 2.87. The fourth-order valence-electron chi connectivity index (χ4n) is 2.86. The average Bonchev–Trinajstić information content (AvgIpc) is 3.29. The number of nitrogens with zero attached hydrogens (tertiary/aromatic N) is 2. The minimum atomic E-state index is -0.247. The highest BCUT2D eigenvalue weighted by molar-refractivity contribution is 5.91. The molecule has 0 fully saturated rings. The third kappa shape index (κ3) is 3.17. The van der Waals surface area contributed by atoms with Crippen LogP contribution in [-0.2, 0) is 13.1 Å². The first kappa shape index (κ1) is 15.2. The first-order valence-electron chi connectivity index (χ1n) is 8.11. The first-order chi connectivity index (χ1) is 12.3. The summed E-state index contributed by atoms with van der Waals surface area (Å²) < 4.78 is 7.26. The van der Waals surface area contributed by atoms with Gasteiger partial charge in [-0.05, 0) is 29.8 Å². The molecule has 4 aromatic rings. The standard InChI is InChI=1S/C20H17N3O2/c24-20(18-11-6-12-25-18)21-13-19-22-16-9-4-5-10-17(16)23(19)14-15-7-2-1-3-8-15/h1-12H,13-14H2,(H,21,24). The molecule has 4 rings (SSSR count). The molecular weight excluding hydrogens is 314 g/mol. The van der Waals surface area contributed by atoms with E-state index in [1.54, 1.807) is 12.1 Å². The van der Waals surface area contributed by atoms with Gasteiger partial charge in [0.2, 0.25) is 0 Å². The lowest BCUT2D eigenvalue weighted by Crippen LogP contribution is -2.24. The summed E-state index contributed by atoms with van der Waals surface area (Å²) in [6, 6.07) is 21.5. The highest BCUT2D eigenvalue weighted by atomic mass is 16.3. The smallest absolute Gasteiger partial charge is 0.287 e. The number of carbonyl (C=O) groups is 1. The Morgan fingerprint density at radius 3 is 2.60 bits per heavy atom. The van der Waals surface area contributed by atoms with Crippen LogP contribution in [0.2, 0.25) is 0 Å². The maximum atomic E-state index is 12.1. The van der Waals surface area contributed by atoms with E-state index >= 15 is 0 Å². The molecule has 2 heterocycles. The van der Waals surface area contributed by atoms with Gasteiger partial charge in [0.25, 0.3) is 5.91 Å². The summed E-state index contributed by atoms with van der Waals surface area (Å²) in [4.78, 5) is 16.8. The van der Waals surface area contributed by atoms with Crippen molar-refractivity contribution in [2.24, 2.45) is 0 Å². The third-order valence-electron chi connectivity index (χ3n) is 4.07. The molecule has 0 saturated heterocycles. The molecular formula is C20H17N3O2. The van der Waals surface area contributed by atoms with Crippen molar-refractivity contribution in [3.05, 3.63) is 90.1 Å². The molecule has 25 heavy (non-hydrogen) atoms. The van der Waals surface area contributed by atoms with E-state index < -0.39 is 0 Å². The molecule has 5 nitrogen and oxygen atoms in total. The second kappa shape index (κ2) is 6.65. The Bertz CT molecular complexity index is 988. The summed E-state index contributed by atoms with van der Waals surface area (Å²) in [6.07, 6.45) is 1.49. The number of carbonyl (C=O) groups excluding carboxylic acids is 1. The van der Waals surface area contributed by atoms with Gasteiger partial charge in [0.1, 0.15) is 5.82 Å². The van der Waals surface area contributed by atoms with Crippen molar-refractivity contribution in [3.63, 3.8) is 0 Å². The molecule has 0 bridgehead atoms. The molecule has 1 N–H and O–H groups in total. The van der Waals surface area contributed by atoms with Gasteiger partial charge in [-0.2, -0.15) is 0 Å². The van der Waals surface area contributed by atoms with E-state index in [9.17, 15) is 4.79 Å². The predicted octanol–water partition coefficient (Wildman–Crippen LogP) is 3.61. The molecule has 2 aromatic carbocycles. The SMILES string of the molecule is O=C(NCc1nc2ccccc2n1Cc1ccccc1)c1ccco1. The van der Waals surface area contributed by atoms with Gasteiger partial charge in [-0.1, -0.05) is 42.5 Å². The number of imidazole rings is 1. The lowest BCUT2D eigenvalue weighted by Gasteiger charge is -2.10. The number of benzene rings is 2. The lowest BCUT2D eigenvalue weighted by molar-refractivity contribution is 0.0922. The Balaban J connectivity index is 1.63. The molecule has 0 atom stereocenters. The zero-order valence-electron chi connectivity index (χ0n) is 13.6. The molecule has 5 heteroatoms. The minimum Gasteiger partial charge on any atom is -0.459 e. The molecule has 2 aromatic heterocycles. The summed E-state index contributed by atoms with van der Waals surface area (Å²) in [5.41, 5.74) is 3.15. The van der Waals surface area contributed by atoms with Crippen molar-refractivity contribution in [1.29, 1.82) is 0 Å². The maximum Gasteiger partial charge on any atom is 0.287 e. The lowest BCUT2D eigenvalue weighted by atomic mass is 10.2. The number of para-hydroxylation sites is 2. The Labute approximate surface area is 144 Å². The van der Waals surface area contributed by atoms with Crippen molar-refractivity contribution in [2.45, 2.75) is 13.1 Å². The van der Waals surface area contributed by atoms with E-state index in [0.29, 0.717) is 18.8 Å².